The molecular weight excluding hydrogens is 1070 g/mol. The molecule has 1 aliphatic heterocycles. The highest BCUT2D eigenvalue weighted by Gasteiger charge is 2.44. The minimum Gasteiger partial charge on any atom is -0.394 e. The molecule has 9 unspecified atom stereocenters. The summed E-state index contributed by atoms with van der Waals surface area (Å²) in [6.45, 7) is 3.50. The number of ether oxygens (including phenoxy) is 2. The molecule has 1 fully saturated rings. The molecule has 0 spiro atoms. The van der Waals surface area contributed by atoms with Crippen molar-refractivity contribution >= 4 is 5.91 Å². The van der Waals surface area contributed by atoms with E-state index in [2.05, 4.69) is 43.5 Å². The van der Waals surface area contributed by atoms with E-state index in [1.165, 1.54) is 302 Å². The summed E-state index contributed by atoms with van der Waals surface area (Å²) in [7, 11) is 0. The topological polar surface area (TPSA) is 189 Å². The fraction of sp³-hybridized carbons (Fsp3) is 0.933. The van der Waals surface area contributed by atoms with E-state index < -0.39 is 74.2 Å². The van der Waals surface area contributed by atoms with Gasteiger partial charge in [0.05, 0.1) is 25.4 Å². The Morgan fingerprint density at radius 3 is 1.00 bits per heavy atom. The molecule has 1 aliphatic rings. The van der Waals surface area contributed by atoms with Crippen molar-refractivity contribution in [3.05, 3.63) is 24.3 Å². The number of carbonyl (C=O) groups is 1. The van der Waals surface area contributed by atoms with E-state index >= 15 is 0 Å². The van der Waals surface area contributed by atoms with Crippen molar-refractivity contribution in [1.29, 1.82) is 0 Å². The first kappa shape index (κ1) is 82.6. The van der Waals surface area contributed by atoms with Crippen LogP contribution in [0.2, 0.25) is 0 Å². The lowest BCUT2D eigenvalue weighted by molar-refractivity contribution is -0.303. The highest BCUT2D eigenvalue weighted by Crippen LogP contribution is 2.24. The SMILES string of the molecule is CCCCCCCCCCCCCCCCCC/C=C/CCCC(O)C(O)C(COC1OC(CO)C(O)C(O)C1O)NC(=O)C(O)CCCCCCCCCCCCCCCCCC/C=C\CCCCCCCCCCCCCCCCCCCC. The molecule has 86 heavy (non-hydrogen) atoms. The predicted molar refractivity (Wildman–Crippen MR) is 362 cm³/mol. The molecule has 0 radical (unpaired) electrons. The van der Waals surface area contributed by atoms with Crippen LogP contribution in [0.1, 0.15) is 380 Å². The van der Waals surface area contributed by atoms with Gasteiger partial charge in [-0.25, -0.2) is 0 Å². The van der Waals surface area contributed by atoms with Crippen molar-refractivity contribution in [3.8, 4) is 0 Å². The van der Waals surface area contributed by atoms with E-state index in [1.807, 2.05) is 0 Å². The molecule has 8 N–H and O–H groups in total. The first-order chi connectivity index (χ1) is 42.2. The van der Waals surface area contributed by atoms with Crippen LogP contribution in [0.4, 0.5) is 0 Å². The van der Waals surface area contributed by atoms with Gasteiger partial charge >= 0.3 is 0 Å². The molecule has 510 valence electrons. The second-order valence-electron chi connectivity index (χ2n) is 26.7. The molecule has 9 atom stereocenters. The minimum atomic E-state index is -1.67. The van der Waals surface area contributed by atoms with Gasteiger partial charge in [0.1, 0.15) is 36.6 Å². The van der Waals surface area contributed by atoms with Gasteiger partial charge in [-0.2, -0.15) is 0 Å². The summed E-state index contributed by atoms with van der Waals surface area (Å²) in [5.74, 6) is -0.699. The first-order valence-electron chi connectivity index (χ1n) is 37.7. The van der Waals surface area contributed by atoms with Crippen LogP contribution in [0.25, 0.3) is 0 Å². The molecule has 11 heteroatoms. The van der Waals surface area contributed by atoms with Gasteiger partial charge in [0.15, 0.2) is 6.29 Å². The Balaban J connectivity index is 2.13. The summed E-state index contributed by atoms with van der Waals surface area (Å²) in [6.07, 6.45) is 70.1. The smallest absolute Gasteiger partial charge is 0.249 e. The lowest BCUT2D eigenvalue weighted by Crippen LogP contribution is -2.60. The zero-order valence-corrected chi connectivity index (χ0v) is 56.6. The third kappa shape index (κ3) is 50.3. The normalized spacial score (nSPS) is 18.8. The fourth-order valence-corrected chi connectivity index (χ4v) is 12.4. The van der Waals surface area contributed by atoms with Crippen molar-refractivity contribution in [2.75, 3.05) is 13.2 Å². The number of allylic oxidation sites excluding steroid dienone is 4. The average Bonchev–Trinajstić information content (AvgIpc) is 2.94. The molecule has 1 rings (SSSR count). The quantitative estimate of drug-likeness (QED) is 0.0215. The summed E-state index contributed by atoms with van der Waals surface area (Å²) in [5.41, 5.74) is 0. The van der Waals surface area contributed by atoms with Crippen LogP contribution in [0.5, 0.6) is 0 Å². The predicted octanol–water partition coefficient (Wildman–Crippen LogP) is 18.8. The number of rotatable bonds is 67. The zero-order chi connectivity index (χ0) is 62.4. The second kappa shape index (κ2) is 63.7. The number of carbonyl (C=O) groups excluding carboxylic acids is 1. The summed E-state index contributed by atoms with van der Waals surface area (Å²) >= 11 is 0. The molecule has 0 aromatic rings. The fourth-order valence-electron chi connectivity index (χ4n) is 12.4. The van der Waals surface area contributed by atoms with Gasteiger partial charge in [0.25, 0.3) is 0 Å². The monoisotopic (exact) mass is 1220 g/mol. The highest BCUT2D eigenvalue weighted by atomic mass is 16.7. The largest absolute Gasteiger partial charge is 0.394 e. The number of aliphatic hydroxyl groups is 7. The molecule has 0 saturated carbocycles. The molecule has 11 nitrogen and oxygen atoms in total. The molecule has 1 amide bonds. The van der Waals surface area contributed by atoms with Gasteiger partial charge in [-0.15, -0.1) is 0 Å². The third-order valence-corrected chi connectivity index (χ3v) is 18.5. The molecule has 0 bridgehead atoms. The molecule has 0 aromatic carbocycles. The van der Waals surface area contributed by atoms with Crippen LogP contribution in [0.3, 0.4) is 0 Å². The Kier molecular flexibility index (Phi) is 61.2. The van der Waals surface area contributed by atoms with E-state index in [-0.39, 0.29) is 12.8 Å². The Morgan fingerprint density at radius 2 is 0.686 bits per heavy atom. The summed E-state index contributed by atoms with van der Waals surface area (Å²) in [4.78, 5) is 13.3. The van der Waals surface area contributed by atoms with Gasteiger partial charge in [-0.3, -0.25) is 4.79 Å². The van der Waals surface area contributed by atoms with Crippen LogP contribution < -0.4 is 5.32 Å². The van der Waals surface area contributed by atoms with Crippen LogP contribution in [-0.2, 0) is 14.3 Å². The average molecular weight is 1220 g/mol. The van der Waals surface area contributed by atoms with E-state index in [1.54, 1.807) is 0 Å². The summed E-state index contributed by atoms with van der Waals surface area (Å²) < 4.78 is 11.2. The Labute approximate surface area is 531 Å². The van der Waals surface area contributed by atoms with Crippen molar-refractivity contribution in [2.24, 2.45) is 0 Å². The van der Waals surface area contributed by atoms with E-state index in [0.717, 1.165) is 38.5 Å². The lowest BCUT2D eigenvalue weighted by atomic mass is 9.98. The maximum absolute atomic E-state index is 13.3. The van der Waals surface area contributed by atoms with Crippen molar-refractivity contribution in [1.82, 2.24) is 5.32 Å². The maximum Gasteiger partial charge on any atom is 0.249 e. The van der Waals surface area contributed by atoms with Gasteiger partial charge in [0.2, 0.25) is 5.91 Å². The van der Waals surface area contributed by atoms with E-state index in [4.69, 9.17) is 9.47 Å². The molecule has 0 aliphatic carbocycles. The first-order valence-corrected chi connectivity index (χ1v) is 37.7. The Bertz CT molecular complexity index is 1450. The lowest BCUT2D eigenvalue weighted by Gasteiger charge is -2.40. The zero-order valence-electron chi connectivity index (χ0n) is 56.6. The molecule has 0 aromatic heterocycles. The number of hydrogen-bond donors (Lipinski definition) is 8. The number of amides is 1. The third-order valence-electron chi connectivity index (χ3n) is 18.5. The molecule has 1 heterocycles. The number of unbranched alkanes of at least 4 members (excludes halogenated alkanes) is 51. The standard InChI is InChI=1S/C75H145NO10/c1-3-5-7-9-11-13-15-17-19-21-23-25-26-27-28-29-30-31-32-33-34-35-36-37-38-39-40-41-43-45-47-49-51-53-55-57-59-61-63-68(79)74(84)76-66(65-85-75-73(83)72(82)71(81)69(64-77)86-75)70(80)67(78)62-60-58-56-54-52-50-48-46-44-42-24-22-20-18-16-14-12-10-8-6-4-2/h33-34,54,56,66-73,75,77-83H,3-32,35-53,55,57-65H2,1-2H3,(H,76,84)/b34-33-,56-54+. The van der Waals surface area contributed by atoms with E-state index in [0.29, 0.717) is 12.8 Å². The van der Waals surface area contributed by atoms with Gasteiger partial charge < -0.3 is 50.5 Å². The summed E-state index contributed by atoms with van der Waals surface area (Å²) in [6, 6.07) is -1.18. The summed E-state index contributed by atoms with van der Waals surface area (Å²) in [5, 5.41) is 76.5. The van der Waals surface area contributed by atoms with Crippen LogP contribution in [-0.4, -0.2) is 110 Å². The maximum atomic E-state index is 13.3. The van der Waals surface area contributed by atoms with Crippen molar-refractivity contribution < 1.29 is 50.0 Å². The highest BCUT2D eigenvalue weighted by molar-refractivity contribution is 5.80. The number of aliphatic hydroxyl groups excluding tert-OH is 7. The van der Waals surface area contributed by atoms with Gasteiger partial charge in [-0.1, -0.05) is 340 Å². The van der Waals surface area contributed by atoms with Crippen LogP contribution in [0.15, 0.2) is 24.3 Å². The van der Waals surface area contributed by atoms with Crippen molar-refractivity contribution in [3.63, 3.8) is 0 Å². The van der Waals surface area contributed by atoms with Crippen molar-refractivity contribution in [2.45, 2.75) is 435 Å². The molecular formula is C75H145NO10. The molecule has 1 saturated heterocycles. The van der Waals surface area contributed by atoms with Gasteiger partial charge in [-0.05, 0) is 64.2 Å². The van der Waals surface area contributed by atoms with Crippen LogP contribution >= 0.6 is 0 Å². The Hall–Kier alpha value is -1.41. The number of hydrogen-bond acceptors (Lipinski definition) is 10. The van der Waals surface area contributed by atoms with Gasteiger partial charge in [0, 0.05) is 0 Å². The minimum absolute atomic E-state index is 0.258. The van der Waals surface area contributed by atoms with E-state index in [9.17, 15) is 40.5 Å². The Morgan fingerprint density at radius 1 is 0.395 bits per heavy atom. The second-order valence-corrected chi connectivity index (χ2v) is 26.7. The number of nitrogens with one attached hydrogen (secondary N) is 1. The van der Waals surface area contributed by atoms with Crippen LogP contribution in [0, 0.1) is 0 Å².